The van der Waals surface area contributed by atoms with Crippen molar-refractivity contribution in [3.63, 3.8) is 0 Å². The second-order valence-corrected chi connectivity index (χ2v) is 9.38. The summed E-state index contributed by atoms with van der Waals surface area (Å²) in [5.41, 5.74) is 4.84. The van der Waals surface area contributed by atoms with Crippen molar-refractivity contribution in [3.8, 4) is 16.9 Å². The molecule has 1 aliphatic rings. The van der Waals surface area contributed by atoms with Crippen LogP contribution in [0.1, 0.15) is 46.9 Å². The highest BCUT2D eigenvalue weighted by atomic mass is 35.5. The average molecular weight is 491 g/mol. The van der Waals surface area contributed by atoms with E-state index in [0.29, 0.717) is 22.8 Å². The normalized spacial score (nSPS) is 14.2. The molecule has 0 saturated heterocycles. The van der Waals surface area contributed by atoms with E-state index in [2.05, 4.69) is 15.2 Å². The number of amides is 1. The van der Waals surface area contributed by atoms with Crippen LogP contribution in [-0.2, 0) is 0 Å². The number of rotatable bonds is 8. The predicted molar refractivity (Wildman–Crippen MR) is 136 cm³/mol. The number of nitrogens with one attached hydrogen (secondary N) is 1. The van der Waals surface area contributed by atoms with E-state index in [1.54, 1.807) is 24.3 Å². The Labute approximate surface area is 208 Å². The van der Waals surface area contributed by atoms with Gasteiger partial charge in [0.05, 0.1) is 23.9 Å². The number of carbonyl (C=O) groups is 1. The maximum atomic E-state index is 13.7. The summed E-state index contributed by atoms with van der Waals surface area (Å²) >= 11 is 6.22. The summed E-state index contributed by atoms with van der Waals surface area (Å²) in [5.74, 6) is 0.496. The molecule has 0 radical (unpaired) electrons. The van der Waals surface area contributed by atoms with Gasteiger partial charge in [0.1, 0.15) is 5.75 Å². The first-order valence-electron chi connectivity index (χ1n) is 11.7. The number of pyridine rings is 1. The van der Waals surface area contributed by atoms with Gasteiger partial charge in [0.15, 0.2) is 0 Å². The summed E-state index contributed by atoms with van der Waals surface area (Å²) in [4.78, 5) is 19.8. The molecular formula is C27H27ClN4O3. The molecular weight excluding hydrogens is 464 g/mol. The van der Waals surface area contributed by atoms with E-state index >= 15 is 0 Å². The van der Waals surface area contributed by atoms with Crippen LogP contribution in [0.4, 0.5) is 0 Å². The molecule has 2 aromatic carbocycles. The molecule has 180 valence electrons. The SMILES string of the molecule is Cc1ncc([C@@H](CCO)N(C)C(=O)c2ccc(-c3cccc(Cl)c3)c(OC3CC3)c2)c2[nH]ncc12. The lowest BCUT2D eigenvalue weighted by Crippen LogP contribution is -2.32. The predicted octanol–water partition coefficient (Wildman–Crippen LogP) is 5.32. The Kier molecular flexibility index (Phi) is 6.45. The number of fused-ring (bicyclic) bond motifs is 1. The maximum absolute atomic E-state index is 13.7. The molecule has 1 fully saturated rings. The van der Waals surface area contributed by atoms with E-state index in [0.717, 1.165) is 46.1 Å². The summed E-state index contributed by atoms with van der Waals surface area (Å²) in [6.07, 6.45) is 6.04. The van der Waals surface area contributed by atoms with Crippen molar-refractivity contribution >= 4 is 28.4 Å². The van der Waals surface area contributed by atoms with Crippen LogP contribution in [0.5, 0.6) is 5.75 Å². The number of nitrogens with zero attached hydrogens (tertiary/aromatic N) is 3. The Hall–Kier alpha value is -3.42. The number of aryl methyl sites for hydroxylation is 1. The molecule has 0 bridgehead atoms. The number of aromatic amines is 1. The van der Waals surface area contributed by atoms with Crippen molar-refractivity contribution in [2.24, 2.45) is 0 Å². The maximum Gasteiger partial charge on any atom is 0.254 e. The van der Waals surface area contributed by atoms with Gasteiger partial charge in [-0.3, -0.25) is 14.9 Å². The van der Waals surface area contributed by atoms with Gasteiger partial charge in [-0.2, -0.15) is 5.10 Å². The van der Waals surface area contributed by atoms with E-state index in [4.69, 9.17) is 16.3 Å². The van der Waals surface area contributed by atoms with E-state index < -0.39 is 0 Å². The highest BCUT2D eigenvalue weighted by Gasteiger charge is 2.28. The van der Waals surface area contributed by atoms with Crippen molar-refractivity contribution in [1.29, 1.82) is 0 Å². The third-order valence-corrected chi connectivity index (χ3v) is 6.68. The largest absolute Gasteiger partial charge is 0.490 e. The molecule has 5 rings (SSSR count). The van der Waals surface area contributed by atoms with Gasteiger partial charge in [0, 0.05) is 52.6 Å². The number of hydrogen-bond acceptors (Lipinski definition) is 5. The minimum Gasteiger partial charge on any atom is -0.490 e. The molecule has 1 atom stereocenters. The third-order valence-electron chi connectivity index (χ3n) is 6.45. The molecule has 0 unspecified atom stereocenters. The first-order valence-corrected chi connectivity index (χ1v) is 12.1. The molecule has 2 N–H and O–H groups in total. The van der Waals surface area contributed by atoms with Gasteiger partial charge in [0.2, 0.25) is 0 Å². The molecule has 2 heterocycles. The number of halogens is 1. The van der Waals surface area contributed by atoms with Crippen LogP contribution in [0.2, 0.25) is 5.02 Å². The number of aliphatic hydroxyl groups is 1. The Morgan fingerprint density at radius 2 is 2.09 bits per heavy atom. The molecule has 1 saturated carbocycles. The van der Waals surface area contributed by atoms with Crippen molar-refractivity contribution in [2.45, 2.75) is 38.3 Å². The van der Waals surface area contributed by atoms with Crippen LogP contribution in [0.15, 0.2) is 54.9 Å². The fourth-order valence-electron chi connectivity index (χ4n) is 4.37. The van der Waals surface area contributed by atoms with Crippen molar-refractivity contribution < 1.29 is 14.6 Å². The fourth-order valence-corrected chi connectivity index (χ4v) is 4.56. The Balaban J connectivity index is 1.50. The Morgan fingerprint density at radius 1 is 1.26 bits per heavy atom. The number of hydrogen-bond donors (Lipinski definition) is 2. The minimum absolute atomic E-state index is 0.0739. The first-order chi connectivity index (χ1) is 17.0. The van der Waals surface area contributed by atoms with Gasteiger partial charge < -0.3 is 14.7 Å². The monoisotopic (exact) mass is 490 g/mol. The lowest BCUT2D eigenvalue weighted by Gasteiger charge is -2.29. The van der Waals surface area contributed by atoms with Gasteiger partial charge in [-0.05, 0) is 62.1 Å². The first kappa shape index (κ1) is 23.3. The number of benzene rings is 2. The van der Waals surface area contributed by atoms with Crippen LogP contribution in [0.3, 0.4) is 0 Å². The minimum atomic E-state index is -0.385. The summed E-state index contributed by atoms with van der Waals surface area (Å²) in [6, 6.07) is 12.7. The summed E-state index contributed by atoms with van der Waals surface area (Å²) in [5, 5.41) is 18.5. The summed E-state index contributed by atoms with van der Waals surface area (Å²) in [6.45, 7) is 1.84. The average Bonchev–Trinajstić information content (AvgIpc) is 3.53. The van der Waals surface area contributed by atoms with E-state index in [9.17, 15) is 9.90 Å². The van der Waals surface area contributed by atoms with Crippen LogP contribution in [0.25, 0.3) is 22.0 Å². The van der Waals surface area contributed by atoms with Gasteiger partial charge >= 0.3 is 0 Å². The fraction of sp³-hybridized carbons (Fsp3) is 0.296. The topological polar surface area (TPSA) is 91.3 Å². The highest BCUT2D eigenvalue weighted by molar-refractivity contribution is 6.30. The molecule has 1 aliphatic carbocycles. The summed E-state index contributed by atoms with van der Waals surface area (Å²) < 4.78 is 6.20. The zero-order valence-electron chi connectivity index (χ0n) is 19.7. The molecule has 0 aliphatic heterocycles. The van der Waals surface area contributed by atoms with Crippen LogP contribution in [-0.4, -0.2) is 50.9 Å². The van der Waals surface area contributed by atoms with Crippen molar-refractivity contribution in [1.82, 2.24) is 20.1 Å². The Bertz CT molecular complexity index is 1380. The molecule has 2 aromatic heterocycles. The second kappa shape index (κ2) is 9.68. The highest BCUT2D eigenvalue weighted by Crippen LogP contribution is 2.37. The smallest absolute Gasteiger partial charge is 0.254 e. The van der Waals surface area contributed by atoms with E-state index in [1.165, 1.54) is 0 Å². The quantitative estimate of drug-likeness (QED) is 0.348. The lowest BCUT2D eigenvalue weighted by atomic mass is 9.99. The third kappa shape index (κ3) is 4.74. The molecule has 1 amide bonds. The number of aliphatic hydroxyl groups excluding tert-OH is 1. The lowest BCUT2D eigenvalue weighted by molar-refractivity contribution is 0.0705. The van der Waals surface area contributed by atoms with Crippen molar-refractivity contribution in [3.05, 3.63) is 76.7 Å². The number of aromatic nitrogens is 3. The van der Waals surface area contributed by atoms with E-state index in [1.807, 2.05) is 49.4 Å². The van der Waals surface area contributed by atoms with E-state index in [-0.39, 0.29) is 24.7 Å². The second-order valence-electron chi connectivity index (χ2n) is 8.94. The van der Waals surface area contributed by atoms with Crippen LogP contribution in [0, 0.1) is 6.92 Å². The van der Waals surface area contributed by atoms with Crippen LogP contribution >= 0.6 is 11.6 Å². The van der Waals surface area contributed by atoms with Gasteiger partial charge in [-0.15, -0.1) is 0 Å². The van der Waals surface area contributed by atoms with Gasteiger partial charge in [-0.25, -0.2) is 0 Å². The zero-order valence-corrected chi connectivity index (χ0v) is 20.4. The van der Waals surface area contributed by atoms with Gasteiger partial charge in [-0.1, -0.05) is 23.7 Å². The van der Waals surface area contributed by atoms with Crippen molar-refractivity contribution in [2.75, 3.05) is 13.7 Å². The van der Waals surface area contributed by atoms with Crippen LogP contribution < -0.4 is 4.74 Å². The molecule has 8 heteroatoms. The molecule has 35 heavy (non-hydrogen) atoms. The number of ether oxygens (including phenoxy) is 1. The zero-order chi connectivity index (χ0) is 24.5. The molecule has 4 aromatic rings. The Morgan fingerprint density at radius 3 is 2.83 bits per heavy atom. The number of carbonyl (C=O) groups excluding carboxylic acids is 1. The molecule has 0 spiro atoms. The standard InChI is InChI=1S/C27H27ClN4O3/c1-16-22-15-30-31-26(22)23(14-29-16)24(10-11-33)32(2)27(34)18-6-9-21(17-4-3-5-19(28)12-17)25(13-18)35-20-7-8-20/h3-6,9,12-15,20,24,33H,7-8,10-11H2,1-2H3,(H,30,31)/t24-/m1/s1. The molecule has 7 nitrogen and oxygen atoms in total. The summed E-state index contributed by atoms with van der Waals surface area (Å²) in [7, 11) is 1.75. The van der Waals surface area contributed by atoms with Gasteiger partial charge in [0.25, 0.3) is 5.91 Å². The number of H-pyrrole nitrogens is 1.